The molecule has 0 bridgehead atoms. The fraction of sp³-hybridized carbons (Fsp3) is 0.167. The van der Waals surface area contributed by atoms with Gasteiger partial charge < -0.3 is 15.1 Å². The van der Waals surface area contributed by atoms with Crippen LogP contribution in [0, 0.1) is 11.6 Å². The third kappa shape index (κ3) is 8.16. The van der Waals surface area contributed by atoms with Gasteiger partial charge in [0.1, 0.15) is 0 Å². The van der Waals surface area contributed by atoms with E-state index in [-0.39, 0.29) is 11.3 Å². The number of aliphatic carboxylic acids is 1. The molecule has 204 valence electrons. The molecule has 8 nitrogen and oxygen atoms in total. The van der Waals surface area contributed by atoms with Gasteiger partial charge in [0.2, 0.25) is 0 Å². The summed E-state index contributed by atoms with van der Waals surface area (Å²) in [4.78, 5) is 21.7. The van der Waals surface area contributed by atoms with Crippen LogP contribution in [0.4, 0.5) is 33.3 Å². The summed E-state index contributed by atoms with van der Waals surface area (Å²) in [6.07, 6.45) is -5.08. The molecule has 0 unspecified atom stereocenters. The molecule has 0 amide bonds. The number of sulfonamides is 1. The van der Waals surface area contributed by atoms with Crippen LogP contribution in [0.2, 0.25) is 0 Å². The molecule has 0 spiro atoms. The fourth-order valence-electron chi connectivity index (χ4n) is 3.05. The zero-order valence-corrected chi connectivity index (χ0v) is 20.4. The first-order chi connectivity index (χ1) is 17.7. The summed E-state index contributed by atoms with van der Waals surface area (Å²) in [5, 5.41) is 16.5. The van der Waals surface area contributed by atoms with E-state index in [1.165, 1.54) is 18.2 Å². The van der Waals surface area contributed by atoms with E-state index in [0.717, 1.165) is 11.6 Å². The lowest BCUT2D eigenvalue weighted by molar-refractivity contribution is -0.192. The van der Waals surface area contributed by atoms with E-state index in [1.807, 2.05) is 42.2 Å². The lowest BCUT2D eigenvalue weighted by Gasteiger charge is -2.26. The predicted molar refractivity (Wildman–Crippen MR) is 127 cm³/mol. The Morgan fingerprint density at radius 1 is 0.921 bits per heavy atom. The molecule has 0 saturated carbocycles. The number of alkyl halides is 3. The van der Waals surface area contributed by atoms with Crippen molar-refractivity contribution in [3.8, 4) is 0 Å². The molecular formula is C24H21F5N2O6S. The summed E-state index contributed by atoms with van der Waals surface area (Å²) < 4.78 is 86.4. The molecule has 0 aliphatic rings. The highest BCUT2D eigenvalue weighted by molar-refractivity contribution is 7.92. The Balaban J connectivity index is 0.000000638. The average molecular weight is 560 g/mol. The van der Waals surface area contributed by atoms with Crippen molar-refractivity contribution in [2.75, 3.05) is 16.2 Å². The predicted octanol–water partition coefficient (Wildman–Crippen LogP) is 5.12. The second kappa shape index (κ2) is 12.4. The van der Waals surface area contributed by atoms with Gasteiger partial charge in [-0.3, -0.25) is 4.72 Å². The van der Waals surface area contributed by atoms with E-state index in [1.54, 1.807) is 0 Å². The molecule has 3 aromatic rings. The highest BCUT2D eigenvalue weighted by Gasteiger charge is 2.38. The van der Waals surface area contributed by atoms with Crippen LogP contribution in [-0.4, -0.2) is 43.3 Å². The van der Waals surface area contributed by atoms with Gasteiger partial charge in [-0.15, -0.1) is 0 Å². The molecule has 14 heteroatoms. The minimum absolute atomic E-state index is 0.0161. The van der Waals surface area contributed by atoms with Crippen LogP contribution >= 0.6 is 0 Å². The summed E-state index contributed by atoms with van der Waals surface area (Å²) in [5.74, 6) is -6.47. The van der Waals surface area contributed by atoms with Crippen molar-refractivity contribution < 1.29 is 50.2 Å². The highest BCUT2D eigenvalue weighted by atomic mass is 32.2. The number of benzene rings is 3. The maximum absolute atomic E-state index is 13.6. The lowest BCUT2D eigenvalue weighted by Crippen LogP contribution is -2.24. The normalized spacial score (nSPS) is 11.2. The molecule has 0 atom stereocenters. The van der Waals surface area contributed by atoms with Gasteiger partial charge in [0.05, 0.1) is 21.8 Å². The molecule has 0 aliphatic heterocycles. The van der Waals surface area contributed by atoms with Crippen molar-refractivity contribution >= 4 is 33.3 Å². The molecule has 3 aromatic carbocycles. The standard InChI is InChI=1S/C22H20F2N2O4S.C2HF3O2/c1-2-26(14-15-6-4-3-5-7-15)21-11-8-16(22(27)28)12-20(21)25-31(29,30)17-9-10-18(23)19(24)13-17;3-2(4,5)1(6)7/h3-13,25H,2,14H2,1H3,(H,27,28);(H,6,7). The summed E-state index contributed by atoms with van der Waals surface area (Å²) in [6.45, 7) is 2.83. The van der Waals surface area contributed by atoms with E-state index in [9.17, 15) is 40.3 Å². The number of hydrogen-bond acceptors (Lipinski definition) is 5. The SMILES string of the molecule is CCN(Cc1ccccc1)c1ccc(C(=O)O)cc1NS(=O)(=O)c1ccc(F)c(F)c1.O=C(O)C(F)(F)F. The summed E-state index contributed by atoms with van der Waals surface area (Å²) in [6, 6.07) is 15.8. The molecule has 0 saturated heterocycles. The third-order valence-corrected chi connectivity index (χ3v) is 6.23. The van der Waals surface area contributed by atoms with E-state index < -0.39 is 44.7 Å². The van der Waals surface area contributed by atoms with Crippen LogP contribution in [0.25, 0.3) is 0 Å². The van der Waals surface area contributed by atoms with E-state index in [2.05, 4.69) is 4.72 Å². The fourth-order valence-corrected chi connectivity index (χ4v) is 4.12. The van der Waals surface area contributed by atoms with Gasteiger partial charge in [0.15, 0.2) is 11.6 Å². The second-order valence-corrected chi connectivity index (χ2v) is 9.20. The molecule has 0 radical (unpaired) electrons. The van der Waals surface area contributed by atoms with Gasteiger partial charge in [0, 0.05) is 13.1 Å². The largest absolute Gasteiger partial charge is 0.490 e. The topological polar surface area (TPSA) is 124 Å². The average Bonchev–Trinajstić information content (AvgIpc) is 2.84. The molecule has 0 fully saturated rings. The van der Waals surface area contributed by atoms with E-state index in [4.69, 9.17) is 9.90 Å². The maximum Gasteiger partial charge on any atom is 0.490 e. The Labute approximate surface area is 214 Å². The van der Waals surface area contributed by atoms with Crippen LogP contribution in [0.1, 0.15) is 22.8 Å². The number of carboxylic acid groups (broad SMARTS) is 2. The number of nitrogens with one attached hydrogen (secondary N) is 1. The van der Waals surface area contributed by atoms with Crippen LogP contribution in [0.3, 0.4) is 0 Å². The first-order valence-corrected chi connectivity index (χ1v) is 12.1. The van der Waals surface area contributed by atoms with Crippen molar-refractivity contribution in [2.24, 2.45) is 0 Å². The van der Waals surface area contributed by atoms with Gasteiger partial charge in [-0.2, -0.15) is 13.2 Å². The number of halogens is 5. The number of aromatic carboxylic acids is 1. The minimum Gasteiger partial charge on any atom is -0.478 e. The highest BCUT2D eigenvalue weighted by Crippen LogP contribution is 2.31. The van der Waals surface area contributed by atoms with Crippen LogP contribution in [0.15, 0.2) is 71.6 Å². The van der Waals surface area contributed by atoms with Gasteiger partial charge >= 0.3 is 18.1 Å². The minimum atomic E-state index is -5.08. The number of rotatable bonds is 8. The summed E-state index contributed by atoms with van der Waals surface area (Å²) in [5.41, 5.74) is 1.31. The molecule has 38 heavy (non-hydrogen) atoms. The van der Waals surface area contributed by atoms with E-state index in [0.29, 0.717) is 30.9 Å². The van der Waals surface area contributed by atoms with Gasteiger partial charge in [-0.1, -0.05) is 30.3 Å². The Kier molecular flexibility index (Phi) is 9.77. The van der Waals surface area contributed by atoms with Crippen LogP contribution in [-0.2, 0) is 21.4 Å². The molecule has 0 heterocycles. The Morgan fingerprint density at radius 2 is 1.53 bits per heavy atom. The lowest BCUT2D eigenvalue weighted by atomic mass is 10.1. The Hall–Kier alpha value is -4.20. The van der Waals surface area contributed by atoms with Crippen molar-refractivity contribution in [3.63, 3.8) is 0 Å². The third-order valence-electron chi connectivity index (χ3n) is 4.87. The summed E-state index contributed by atoms with van der Waals surface area (Å²) >= 11 is 0. The maximum atomic E-state index is 13.6. The Bertz CT molecular complexity index is 1400. The van der Waals surface area contributed by atoms with Crippen molar-refractivity contribution in [2.45, 2.75) is 24.5 Å². The quantitative estimate of drug-likeness (QED) is 0.327. The van der Waals surface area contributed by atoms with Crippen LogP contribution < -0.4 is 9.62 Å². The zero-order chi connectivity index (χ0) is 28.7. The van der Waals surface area contributed by atoms with Gasteiger partial charge in [-0.05, 0) is 48.9 Å². The van der Waals surface area contributed by atoms with Crippen molar-refractivity contribution in [3.05, 3.63) is 89.5 Å². The molecule has 3 rings (SSSR count). The molecule has 3 N–H and O–H groups in total. The Morgan fingerprint density at radius 3 is 2.03 bits per heavy atom. The summed E-state index contributed by atoms with van der Waals surface area (Å²) in [7, 11) is -4.31. The number of nitrogens with zero attached hydrogens (tertiary/aromatic N) is 1. The zero-order valence-electron chi connectivity index (χ0n) is 19.5. The molecule has 0 aromatic heterocycles. The van der Waals surface area contributed by atoms with Gasteiger partial charge in [-0.25, -0.2) is 26.8 Å². The number of carbonyl (C=O) groups is 2. The number of hydrogen-bond donors (Lipinski definition) is 3. The van der Waals surface area contributed by atoms with Crippen molar-refractivity contribution in [1.29, 1.82) is 0 Å². The van der Waals surface area contributed by atoms with E-state index >= 15 is 0 Å². The number of anilines is 2. The molecule has 0 aliphatic carbocycles. The van der Waals surface area contributed by atoms with Gasteiger partial charge in [0.25, 0.3) is 10.0 Å². The van der Waals surface area contributed by atoms with Crippen LogP contribution in [0.5, 0.6) is 0 Å². The molecular weight excluding hydrogens is 539 g/mol. The second-order valence-electron chi connectivity index (χ2n) is 7.52. The first kappa shape index (κ1) is 30.0. The smallest absolute Gasteiger partial charge is 0.478 e. The number of carboxylic acids is 2. The van der Waals surface area contributed by atoms with Crippen molar-refractivity contribution in [1.82, 2.24) is 0 Å². The monoisotopic (exact) mass is 560 g/mol. The first-order valence-electron chi connectivity index (χ1n) is 10.6.